The van der Waals surface area contributed by atoms with Crippen molar-refractivity contribution in [2.45, 2.75) is 32.8 Å². The van der Waals surface area contributed by atoms with E-state index in [0.29, 0.717) is 12.4 Å². The monoisotopic (exact) mass is 390 g/mol. The molecule has 150 valence electrons. The average molecular weight is 390 g/mol. The minimum absolute atomic E-state index is 0.186. The van der Waals surface area contributed by atoms with Crippen LogP contribution in [0.2, 0.25) is 0 Å². The molecule has 0 aliphatic heterocycles. The van der Waals surface area contributed by atoms with Crippen LogP contribution in [0.15, 0.2) is 78.9 Å². The molecular formula is C25H26O4. The van der Waals surface area contributed by atoms with Crippen LogP contribution < -0.4 is 9.47 Å². The van der Waals surface area contributed by atoms with E-state index in [1.54, 1.807) is 0 Å². The maximum absolute atomic E-state index is 12.7. The lowest BCUT2D eigenvalue weighted by atomic mass is 9.85. The fourth-order valence-electron chi connectivity index (χ4n) is 2.91. The van der Waals surface area contributed by atoms with Crippen molar-refractivity contribution in [1.82, 2.24) is 0 Å². The van der Waals surface area contributed by atoms with Crippen LogP contribution in [0.25, 0.3) is 0 Å². The second-order valence-corrected chi connectivity index (χ2v) is 7.22. The molecule has 0 amide bonds. The van der Waals surface area contributed by atoms with Crippen molar-refractivity contribution in [2.24, 2.45) is 0 Å². The van der Waals surface area contributed by atoms with Crippen molar-refractivity contribution in [2.75, 3.05) is 6.61 Å². The van der Waals surface area contributed by atoms with Gasteiger partial charge in [0.15, 0.2) is 0 Å². The number of hydrogen-bond acceptors (Lipinski definition) is 4. The number of hydrogen-bond donors (Lipinski definition) is 0. The summed E-state index contributed by atoms with van der Waals surface area (Å²) in [6.07, 6.45) is 0. The van der Waals surface area contributed by atoms with Crippen LogP contribution in [0, 0.1) is 0 Å². The zero-order valence-electron chi connectivity index (χ0n) is 17.1. The number of rotatable bonds is 8. The fourth-order valence-corrected chi connectivity index (χ4v) is 2.91. The highest BCUT2D eigenvalue weighted by Gasteiger charge is 2.31. The van der Waals surface area contributed by atoms with Crippen LogP contribution in [0.1, 0.15) is 31.9 Å². The summed E-state index contributed by atoms with van der Waals surface area (Å²) in [4.78, 5) is 12.7. The Morgan fingerprint density at radius 2 is 1.52 bits per heavy atom. The first-order valence-electron chi connectivity index (χ1n) is 9.71. The minimum Gasteiger partial charge on any atom is -0.494 e. The minimum atomic E-state index is -0.761. The highest BCUT2D eigenvalue weighted by Crippen LogP contribution is 2.28. The standard InChI is InChI=1S/C25H26O4/c1-4-27-21-15-13-20(14-16-21)25(2,3)24(26)28-18-19-9-8-12-23(17-19)29-22-10-6-5-7-11-22/h5-17H,4,18H2,1-3H3. The van der Waals surface area contributed by atoms with Crippen LogP contribution in [0.5, 0.6) is 17.2 Å². The second-order valence-electron chi connectivity index (χ2n) is 7.22. The van der Waals surface area contributed by atoms with Crippen molar-refractivity contribution >= 4 is 5.97 Å². The number of para-hydroxylation sites is 1. The summed E-state index contributed by atoms with van der Waals surface area (Å²) < 4.78 is 16.9. The van der Waals surface area contributed by atoms with Gasteiger partial charge < -0.3 is 14.2 Å². The number of ether oxygens (including phenoxy) is 3. The second kappa shape index (κ2) is 9.28. The molecular weight excluding hydrogens is 364 g/mol. The molecule has 0 aliphatic carbocycles. The van der Waals surface area contributed by atoms with Crippen LogP contribution >= 0.6 is 0 Å². The first kappa shape index (κ1) is 20.5. The van der Waals surface area contributed by atoms with Crippen LogP contribution in [-0.4, -0.2) is 12.6 Å². The maximum atomic E-state index is 12.7. The van der Waals surface area contributed by atoms with Gasteiger partial charge in [-0.15, -0.1) is 0 Å². The summed E-state index contributed by atoms with van der Waals surface area (Å²) in [6.45, 7) is 6.46. The Kier molecular flexibility index (Phi) is 6.55. The van der Waals surface area contributed by atoms with Gasteiger partial charge in [-0.3, -0.25) is 4.79 Å². The van der Waals surface area contributed by atoms with Crippen LogP contribution in [0.4, 0.5) is 0 Å². The van der Waals surface area contributed by atoms with Gasteiger partial charge in [0.25, 0.3) is 0 Å². The highest BCUT2D eigenvalue weighted by molar-refractivity contribution is 5.82. The Labute approximate surface area is 172 Å². The van der Waals surface area contributed by atoms with E-state index in [4.69, 9.17) is 14.2 Å². The van der Waals surface area contributed by atoms with Crippen molar-refractivity contribution in [3.8, 4) is 17.2 Å². The molecule has 0 N–H and O–H groups in total. The molecule has 29 heavy (non-hydrogen) atoms. The van der Waals surface area contributed by atoms with E-state index in [-0.39, 0.29) is 12.6 Å². The fraction of sp³-hybridized carbons (Fsp3) is 0.240. The Hall–Kier alpha value is -3.27. The van der Waals surface area contributed by atoms with E-state index in [0.717, 1.165) is 22.6 Å². The van der Waals surface area contributed by atoms with E-state index in [1.807, 2.05) is 99.6 Å². The van der Waals surface area contributed by atoms with Crippen molar-refractivity contribution in [3.63, 3.8) is 0 Å². The lowest BCUT2D eigenvalue weighted by molar-refractivity contribution is -0.150. The summed E-state index contributed by atoms with van der Waals surface area (Å²) in [5, 5.41) is 0. The van der Waals surface area contributed by atoms with Gasteiger partial charge in [0.05, 0.1) is 12.0 Å². The third-order valence-corrected chi connectivity index (χ3v) is 4.64. The Bertz CT molecular complexity index is 931. The molecule has 0 spiro atoms. The highest BCUT2D eigenvalue weighted by atomic mass is 16.5. The predicted molar refractivity (Wildman–Crippen MR) is 113 cm³/mol. The molecule has 4 nitrogen and oxygen atoms in total. The molecule has 0 heterocycles. The van der Waals surface area contributed by atoms with Gasteiger partial charge in [0, 0.05) is 0 Å². The molecule has 0 unspecified atom stereocenters. The van der Waals surface area contributed by atoms with Crippen molar-refractivity contribution < 1.29 is 19.0 Å². The van der Waals surface area contributed by atoms with Crippen LogP contribution in [0.3, 0.4) is 0 Å². The summed E-state index contributed by atoms with van der Waals surface area (Å²) in [5.74, 6) is 1.97. The first-order valence-corrected chi connectivity index (χ1v) is 9.71. The van der Waals surface area contributed by atoms with Gasteiger partial charge in [0.2, 0.25) is 0 Å². The molecule has 3 aromatic carbocycles. The molecule has 0 radical (unpaired) electrons. The molecule has 0 saturated carbocycles. The summed E-state index contributed by atoms with van der Waals surface area (Å²) in [5.41, 5.74) is 0.990. The van der Waals surface area contributed by atoms with E-state index in [9.17, 15) is 4.79 Å². The lowest BCUT2D eigenvalue weighted by Gasteiger charge is -2.23. The molecule has 0 bridgehead atoms. The summed E-state index contributed by atoms with van der Waals surface area (Å²) >= 11 is 0. The SMILES string of the molecule is CCOc1ccc(C(C)(C)C(=O)OCc2cccc(Oc3ccccc3)c2)cc1. The molecule has 0 atom stereocenters. The quantitative estimate of drug-likeness (QED) is 0.449. The van der Waals surface area contributed by atoms with Gasteiger partial charge in [0.1, 0.15) is 23.9 Å². The smallest absolute Gasteiger partial charge is 0.316 e. The molecule has 4 heteroatoms. The van der Waals surface area contributed by atoms with Crippen molar-refractivity contribution in [3.05, 3.63) is 90.0 Å². The van der Waals surface area contributed by atoms with E-state index >= 15 is 0 Å². The summed E-state index contributed by atoms with van der Waals surface area (Å²) in [6, 6.07) is 24.7. The summed E-state index contributed by atoms with van der Waals surface area (Å²) in [7, 11) is 0. The van der Waals surface area contributed by atoms with Gasteiger partial charge in [-0.2, -0.15) is 0 Å². The van der Waals surface area contributed by atoms with E-state index < -0.39 is 5.41 Å². The number of benzene rings is 3. The number of esters is 1. The lowest BCUT2D eigenvalue weighted by Crippen LogP contribution is -2.31. The van der Waals surface area contributed by atoms with Gasteiger partial charge in [-0.25, -0.2) is 0 Å². The molecule has 0 fully saturated rings. The zero-order chi connectivity index (χ0) is 20.7. The first-order chi connectivity index (χ1) is 14.0. The Morgan fingerprint density at radius 3 is 2.21 bits per heavy atom. The number of carbonyl (C=O) groups is 1. The number of carbonyl (C=O) groups excluding carboxylic acids is 1. The van der Waals surface area contributed by atoms with Crippen molar-refractivity contribution in [1.29, 1.82) is 0 Å². The molecule has 3 rings (SSSR count). The third kappa shape index (κ3) is 5.38. The zero-order valence-corrected chi connectivity index (χ0v) is 17.1. The normalized spacial score (nSPS) is 11.0. The molecule has 0 saturated heterocycles. The molecule has 0 aromatic heterocycles. The van der Waals surface area contributed by atoms with E-state index in [2.05, 4.69) is 0 Å². The largest absolute Gasteiger partial charge is 0.494 e. The predicted octanol–water partition coefficient (Wildman–Crippen LogP) is 5.90. The molecule has 3 aromatic rings. The average Bonchev–Trinajstić information content (AvgIpc) is 2.73. The Morgan fingerprint density at radius 1 is 0.828 bits per heavy atom. The van der Waals surface area contributed by atoms with Crippen LogP contribution in [-0.2, 0) is 21.6 Å². The molecule has 0 aliphatic rings. The Balaban J connectivity index is 1.62. The van der Waals surface area contributed by atoms with E-state index in [1.165, 1.54) is 0 Å². The maximum Gasteiger partial charge on any atom is 0.316 e. The topological polar surface area (TPSA) is 44.8 Å². The van der Waals surface area contributed by atoms with Gasteiger partial charge in [-0.1, -0.05) is 42.5 Å². The van der Waals surface area contributed by atoms with Gasteiger partial charge in [-0.05, 0) is 68.3 Å². The van der Waals surface area contributed by atoms with Gasteiger partial charge >= 0.3 is 5.97 Å². The third-order valence-electron chi connectivity index (χ3n) is 4.64.